The summed E-state index contributed by atoms with van der Waals surface area (Å²) in [5.41, 5.74) is 1.43. The molecule has 2 aromatic carbocycles. The highest BCUT2D eigenvalue weighted by Gasteiger charge is 2.31. The summed E-state index contributed by atoms with van der Waals surface area (Å²) in [7, 11) is 3.86. The number of anilines is 1. The predicted molar refractivity (Wildman–Crippen MR) is 141 cm³/mol. The molecule has 0 aliphatic carbocycles. The highest BCUT2D eigenvalue weighted by atomic mass is 19.4. The summed E-state index contributed by atoms with van der Waals surface area (Å²) in [4.78, 5) is 34.5. The topological polar surface area (TPSA) is 70.5 Å². The number of nitrogens with one attached hydrogen (secondary N) is 1. The number of fused-ring (bicyclic) bond motifs is 1. The van der Waals surface area contributed by atoms with Crippen molar-refractivity contribution in [3.63, 3.8) is 0 Å². The molecule has 0 bridgehead atoms. The molecule has 38 heavy (non-hydrogen) atoms. The lowest BCUT2D eigenvalue weighted by atomic mass is 10.1. The Bertz CT molecular complexity index is 1350. The summed E-state index contributed by atoms with van der Waals surface area (Å²) in [6.07, 6.45) is 1.36. The Labute approximate surface area is 219 Å². The first-order chi connectivity index (χ1) is 18.0. The van der Waals surface area contributed by atoms with Crippen LogP contribution in [-0.4, -0.2) is 64.9 Å². The maximum Gasteiger partial charge on any atom is 0.416 e. The zero-order valence-corrected chi connectivity index (χ0v) is 21.8. The summed E-state index contributed by atoms with van der Waals surface area (Å²) in [5, 5.41) is 2.75. The number of nitrogens with zero attached hydrogens (tertiary/aromatic N) is 4. The molecule has 1 saturated heterocycles. The van der Waals surface area contributed by atoms with E-state index in [9.17, 15) is 22.8 Å². The van der Waals surface area contributed by atoms with E-state index in [0.29, 0.717) is 25.2 Å². The van der Waals surface area contributed by atoms with Crippen molar-refractivity contribution in [2.75, 3.05) is 39.0 Å². The lowest BCUT2D eigenvalue weighted by molar-refractivity contribution is -0.137. The van der Waals surface area contributed by atoms with Crippen LogP contribution in [0.1, 0.15) is 46.8 Å². The van der Waals surface area contributed by atoms with Gasteiger partial charge >= 0.3 is 6.18 Å². The van der Waals surface area contributed by atoms with E-state index in [1.54, 1.807) is 6.08 Å². The third kappa shape index (κ3) is 6.24. The molecule has 2 heterocycles. The van der Waals surface area contributed by atoms with Gasteiger partial charge in [0.25, 0.3) is 5.91 Å². The molecule has 1 fully saturated rings. The van der Waals surface area contributed by atoms with E-state index in [1.165, 1.54) is 12.1 Å². The van der Waals surface area contributed by atoms with Crippen molar-refractivity contribution in [1.82, 2.24) is 19.4 Å². The summed E-state index contributed by atoms with van der Waals surface area (Å²) >= 11 is 0. The average Bonchev–Trinajstić information content (AvgIpc) is 3.05. The lowest BCUT2D eigenvalue weighted by Gasteiger charge is -2.26. The molecular weight excluding hydrogens is 495 g/mol. The van der Waals surface area contributed by atoms with E-state index in [1.807, 2.05) is 59.7 Å². The predicted octanol–water partition coefficient (Wildman–Crippen LogP) is 5.29. The Balaban J connectivity index is 1.68. The first-order valence-electron chi connectivity index (χ1n) is 12.6. The van der Waals surface area contributed by atoms with Crippen LogP contribution in [0.4, 0.5) is 19.1 Å². The maximum absolute atomic E-state index is 13.2. The number of aromatic nitrogens is 2. The van der Waals surface area contributed by atoms with Crippen LogP contribution < -0.4 is 5.32 Å². The molecule has 3 aromatic rings. The molecule has 0 saturated carbocycles. The van der Waals surface area contributed by atoms with Crippen molar-refractivity contribution >= 4 is 28.8 Å². The highest BCUT2D eigenvalue weighted by molar-refractivity contribution is 6.04. The van der Waals surface area contributed by atoms with Gasteiger partial charge in [0.15, 0.2) is 0 Å². The molecule has 1 aliphatic rings. The number of carbonyl (C=O) groups is 2. The Morgan fingerprint density at radius 2 is 1.92 bits per heavy atom. The second kappa shape index (κ2) is 11.4. The van der Waals surface area contributed by atoms with Gasteiger partial charge in [0.2, 0.25) is 11.9 Å². The minimum atomic E-state index is -4.56. The van der Waals surface area contributed by atoms with E-state index in [-0.39, 0.29) is 23.5 Å². The first kappa shape index (κ1) is 27.4. The van der Waals surface area contributed by atoms with E-state index >= 15 is 0 Å². The van der Waals surface area contributed by atoms with Crippen LogP contribution in [0.5, 0.6) is 0 Å². The van der Waals surface area contributed by atoms with E-state index < -0.39 is 17.6 Å². The van der Waals surface area contributed by atoms with Crippen LogP contribution in [0.3, 0.4) is 0 Å². The number of rotatable bonds is 6. The SMILES string of the molecule is Cc1cccc2nc(NC(=O)c3cccc(C(F)(F)F)c3)n([C@@H]3CCCCN(C(=O)/C=C/CN(C)C)C3)c12. The van der Waals surface area contributed by atoms with E-state index in [2.05, 4.69) is 10.3 Å². The highest BCUT2D eigenvalue weighted by Crippen LogP contribution is 2.33. The van der Waals surface area contributed by atoms with Crippen molar-refractivity contribution in [1.29, 1.82) is 0 Å². The zero-order valence-electron chi connectivity index (χ0n) is 21.8. The van der Waals surface area contributed by atoms with E-state index in [0.717, 1.165) is 42.5 Å². The molecule has 10 heteroatoms. The van der Waals surface area contributed by atoms with Crippen molar-refractivity contribution < 1.29 is 22.8 Å². The van der Waals surface area contributed by atoms with Crippen LogP contribution >= 0.6 is 0 Å². The van der Waals surface area contributed by atoms with Crippen LogP contribution in [-0.2, 0) is 11.0 Å². The summed E-state index contributed by atoms with van der Waals surface area (Å²) in [6.45, 7) is 3.65. The molecule has 0 radical (unpaired) electrons. The number of imidazole rings is 1. The van der Waals surface area contributed by atoms with Gasteiger partial charge < -0.3 is 14.4 Å². The number of hydrogen-bond donors (Lipinski definition) is 1. The number of likely N-dealkylation sites (tertiary alicyclic amines) is 1. The Morgan fingerprint density at radius 1 is 1.16 bits per heavy atom. The lowest BCUT2D eigenvalue weighted by Crippen LogP contribution is -2.35. The van der Waals surface area contributed by atoms with Gasteiger partial charge in [-0.15, -0.1) is 0 Å². The van der Waals surface area contributed by atoms with Crippen LogP contribution in [0, 0.1) is 6.92 Å². The minimum Gasteiger partial charge on any atom is -0.337 e. The number of carbonyl (C=O) groups excluding carboxylic acids is 2. The Hall–Kier alpha value is -3.66. The zero-order chi connectivity index (χ0) is 27.4. The summed E-state index contributed by atoms with van der Waals surface area (Å²) in [6, 6.07) is 9.79. The summed E-state index contributed by atoms with van der Waals surface area (Å²) < 4.78 is 41.6. The van der Waals surface area contributed by atoms with Crippen LogP contribution in [0.15, 0.2) is 54.6 Å². The first-order valence-corrected chi connectivity index (χ1v) is 12.6. The largest absolute Gasteiger partial charge is 0.416 e. The molecule has 1 N–H and O–H groups in total. The third-order valence-electron chi connectivity index (χ3n) is 6.64. The van der Waals surface area contributed by atoms with Crippen molar-refractivity contribution in [3.05, 3.63) is 71.3 Å². The fourth-order valence-electron chi connectivity index (χ4n) is 4.78. The molecule has 1 atom stereocenters. The minimum absolute atomic E-state index is 0.0746. The van der Waals surface area contributed by atoms with Crippen molar-refractivity contribution in [2.45, 2.75) is 38.4 Å². The van der Waals surface area contributed by atoms with E-state index in [4.69, 9.17) is 0 Å². The van der Waals surface area contributed by atoms with Gasteiger partial charge in [0, 0.05) is 31.3 Å². The Kier molecular flexibility index (Phi) is 8.20. The quantitative estimate of drug-likeness (QED) is 0.443. The Morgan fingerprint density at radius 3 is 2.66 bits per heavy atom. The maximum atomic E-state index is 13.2. The second-order valence-corrected chi connectivity index (χ2v) is 9.88. The van der Waals surface area contributed by atoms with Gasteiger partial charge in [-0.05, 0) is 70.1 Å². The number of hydrogen-bond acceptors (Lipinski definition) is 4. The molecule has 7 nitrogen and oxygen atoms in total. The van der Waals surface area contributed by atoms with Gasteiger partial charge in [-0.25, -0.2) is 4.98 Å². The normalized spacial score (nSPS) is 16.8. The fraction of sp³-hybridized carbons (Fsp3) is 0.393. The van der Waals surface area contributed by atoms with Gasteiger partial charge in [0.1, 0.15) is 0 Å². The smallest absolute Gasteiger partial charge is 0.337 e. The standard InChI is InChI=1S/C28H32F3N5O2/c1-19-9-6-13-23-25(19)36(22-12-4-5-16-35(18-22)24(37)14-8-15-34(2)3)27(32-23)33-26(38)20-10-7-11-21(17-20)28(29,30)31/h6-11,13-14,17,22H,4-5,12,15-16,18H2,1-3H3,(H,32,33,38)/b14-8+/t22-/m1/s1. The number of para-hydroxylation sites is 1. The van der Waals surface area contributed by atoms with Crippen LogP contribution in [0.2, 0.25) is 0 Å². The number of aryl methyl sites for hydroxylation is 1. The number of likely N-dealkylation sites (N-methyl/N-ethyl adjacent to an activating group) is 1. The molecular formula is C28H32F3N5O2. The molecule has 1 aromatic heterocycles. The molecule has 202 valence electrons. The monoisotopic (exact) mass is 527 g/mol. The number of amides is 2. The van der Waals surface area contributed by atoms with Gasteiger partial charge in [-0.2, -0.15) is 13.2 Å². The van der Waals surface area contributed by atoms with Gasteiger partial charge in [0.05, 0.1) is 22.6 Å². The van der Waals surface area contributed by atoms with Crippen molar-refractivity contribution in [3.8, 4) is 0 Å². The molecule has 4 rings (SSSR count). The average molecular weight is 528 g/mol. The van der Waals surface area contributed by atoms with Crippen LogP contribution in [0.25, 0.3) is 11.0 Å². The fourth-order valence-corrected chi connectivity index (χ4v) is 4.78. The van der Waals surface area contributed by atoms with Crippen molar-refractivity contribution in [2.24, 2.45) is 0 Å². The van der Waals surface area contributed by atoms with Gasteiger partial charge in [-0.1, -0.05) is 24.3 Å². The molecule has 2 amide bonds. The summed E-state index contributed by atoms with van der Waals surface area (Å²) in [5.74, 6) is -0.507. The second-order valence-electron chi connectivity index (χ2n) is 9.88. The molecule has 1 aliphatic heterocycles. The van der Waals surface area contributed by atoms with Gasteiger partial charge in [-0.3, -0.25) is 14.9 Å². The number of alkyl halides is 3. The molecule has 0 unspecified atom stereocenters. The third-order valence-corrected chi connectivity index (χ3v) is 6.64. The number of halogens is 3. The number of benzene rings is 2. The molecule has 0 spiro atoms.